The lowest BCUT2D eigenvalue weighted by Crippen LogP contribution is -2.46. The number of aromatic nitrogens is 1. The summed E-state index contributed by atoms with van der Waals surface area (Å²) < 4.78 is 0. The fourth-order valence-corrected chi connectivity index (χ4v) is 2.74. The molecule has 4 heteroatoms. The van der Waals surface area contributed by atoms with Gasteiger partial charge in [0.1, 0.15) is 0 Å². The average Bonchev–Trinajstić information content (AvgIpc) is 2.57. The van der Waals surface area contributed by atoms with Crippen LogP contribution in [0.15, 0.2) is 48.8 Å². The number of anilines is 1. The molecule has 1 aromatic heterocycles. The maximum atomic E-state index is 5.63. The molecule has 4 nitrogen and oxygen atoms in total. The quantitative estimate of drug-likeness (QED) is 0.930. The molecule has 0 spiro atoms. The highest BCUT2D eigenvalue weighted by molar-refractivity contribution is 5.44. The van der Waals surface area contributed by atoms with Crippen molar-refractivity contribution in [2.45, 2.75) is 13.1 Å². The number of nitrogens with two attached hydrogens (primary N) is 1. The Labute approximate surface area is 126 Å². The number of pyridine rings is 1. The SMILES string of the molecule is NCc1ccc(CN2CCN(c3cccnc3)CC2)cc1. The van der Waals surface area contributed by atoms with Crippen molar-refractivity contribution >= 4 is 5.69 Å². The number of rotatable bonds is 4. The van der Waals surface area contributed by atoms with Gasteiger partial charge in [-0.05, 0) is 23.3 Å². The zero-order chi connectivity index (χ0) is 14.5. The van der Waals surface area contributed by atoms with Crippen molar-refractivity contribution in [3.05, 3.63) is 59.9 Å². The molecule has 1 aromatic carbocycles. The van der Waals surface area contributed by atoms with Crippen LogP contribution in [0.3, 0.4) is 0 Å². The zero-order valence-corrected chi connectivity index (χ0v) is 12.3. The molecule has 2 N–H and O–H groups in total. The molecule has 0 amide bonds. The van der Waals surface area contributed by atoms with Crippen LogP contribution in [0.4, 0.5) is 5.69 Å². The third-order valence-electron chi connectivity index (χ3n) is 4.05. The first kappa shape index (κ1) is 14.0. The van der Waals surface area contributed by atoms with Crippen LogP contribution in [0.1, 0.15) is 11.1 Å². The van der Waals surface area contributed by atoms with Gasteiger partial charge in [0.05, 0.1) is 11.9 Å². The molecule has 0 bridgehead atoms. The van der Waals surface area contributed by atoms with E-state index in [2.05, 4.69) is 45.1 Å². The van der Waals surface area contributed by atoms with E-state index in [1.165, 1.54) is 16.8 Å². The summed E-state index contributed by atoms with van der Waals surface area (Å²) in [6, 6.07) is 12.8. The lowest BCUT2D eigenvalue weighted by atomic mass is 10.1. The van der Waals surface area contributed by atoms with Crippen molar-refractivity contribution in [1.82, 2.24) is 9.88 Å². The number of nitrogens with zero attached hydrogens (tertiary/aromatic N) is 3. The van der Waals surface area contributed by atoms with Gasteiger partial charge in [0.25, 0.3) is 0 Å². The molecule has 2 heterocycles. The van der Waals surface area contributed by atoms with Gasteiger partial charge in [-0.1, -0.05) is 24.3 Å². The fourth-order valence-electron chi connectivity index (χ4n) is 2.74. The minimum absolute atomic E-state index is 0.615. The van der Waals surface area contributed by atoms with Gasteiger partial charge in [-0.3, -0.25) is 9.88 Å². The first-order chi connectivity index (χ1) is 10.3. The van der Waals surface area contributed by atoms with Gasteiger partial charge < -0.3 is 10.6 Å². The normalized spacial score (nSPS) is 16.1. The predicted octanol–water partition coefficient (Wildman–Crippen LogP) is 1.86. The van der Waals surface area contributed by atoms with Crippen LogP contribution in [0, 0.1) is 0 Å². The largest absolute Gasteiger partial charge is 0.368 e. The highest BCUT2D eigenvalue weighted by atomic mass is 15.3. The van der Waals surface area contributed by atoms with Crippen LogP contribution < -0.4 is 10.6 Å². The summed E-state index contributed by atoms with van der Waals surface area (Å²) in [6.45, 7) is 5.94. The number of benzene rings is 1. The molecule has 2 aromatic rings. The van der Waals surface area contributed by atoms with E-state index in [1.54, 1.807) is 0 Å². The van der Waals surface area contributed by atoms with Gasteiger partial charge >= 0.3 is 0 Å². The Balaban J connectivity index is 1.53. The van der Waals surface area contributed by atoms with Gasteiger partial charge in [-0.2, -0.15) is 0 Å². The molecule has 0 aliphatic carbocycles. The molecule has 110 valence electrons. The van der Waals surface area contributed by atoms with Crippen LogP contribution in [-0.4, -0.2) is 36.1 Å². The molecule has 0 saturated carbocycles. The summed E-state index contributed by atoms with van der Waals surface area (Å²) in [6.07, 6.45) is 3.77. The molecule has 1 saturated heterocycles. The molecular weight excluding hydrogens is 260 g/mol. The monoisotopic (exact) mass is 282 g/mol. The van der Waals surface area contributed by atoms with E-state index >= 15 is 0 Å². The van der Waals surface area contributed by atoms with E-state index < -0.39 is 0 Å². The number of piperazine rings is 1. The Morgan fingerprint density at radius 1 is 0.952 bits per heavy atom. The van der Waals surface area contributed by atoms with Crippen molar-refractivity contribution in [1.29, 1.82) is 0 Å². The predicted molar refractivity (Wildman–Crippen MR) is 86.1 cm³/mol. The van der Waals surface area contributed by atoms with Crippen molar-refractivity contribution in [3.63, 3.8) is 0 Å². The second-order valence-electron chi connectivity index (χ2n) is 5.50. The maximum Gasteiger partial charge on any atom is 0.0553 e. The molecule has 0 radical (unpaired) electrons. The minimum atomic E-state index is 0.615. The van der Waals surface area contributed by atoms with E-state index in [4.69, 9.17) is 5.73 Å². The lowest BCUT2D eigenvalue weighted by molar-refractivity contribution is 0.250. The number of hydrogen-bond donors (Lipinski definition) is 1. The highest BCUT2D eigenvalue weighted by Gasteiger charge is 2.17. The Hall–Kier alpha value is -1.91. The first-order valence-corrected chi connectivity index (χ1v) is 7.50. The minimum Gasteiger partial charge on any atom is -0.368 e. The second-order valence-corrected chi connectivity index (χ2v) is 5.50. The average molecular weight is 282 g/mol. The summed E-state index contributed by atoms with van der Waals surface area (Å²) in [5.41, 5.74) is 9.42. The molecule has 1 aliphatic rings. The van der Waals surface area contributed by atoms with Gasteiger partial charge in [-0.15, -0.1) is 0 Å². The van der Waals surface area contributed by atoms with Crippen LogP contribution >= 0.6 is 0 Å². The van der Waals surface area contributed by atoms with Crippen molar-refractivity contribution < 1.29 is 0 Å². The summed E-state index contributed by atoms with van der Waals surface area (Å²) in [5.74, 6) is 0. The molecule has 0 atom stereocenters. The van der Waals surface area contributed by atoms with Crippen LogP contribution in [0.5, 0.6) is 0 Å². The van der Waals surface area contributed by atoms with Crippen LogP contribution in [-0.2, 0) is 13.1 Å². The van der Waals surface area contributed by atoms with Crippen molar-refractivity contribution in [3.8, 4) is 0 Å². The Morgan fingerprint density at radius 2 is 1.67 bits per heavy atom. The Bertz CT molecular complexity index is 545. The molecule has 0 unspecified atom stereocenters. The van der Waals surface area contributed by atoms with E-state index in [1.807, 2.05) is 18.5 Å². The zero-order valence-electron chi connectivity index (χ0n) is 12.3. The standard InChI is InChI=1S/C17H22N4/c18-12-15-3-5-16(6-4-15)14-20-8-10-21(11-9-20)17-2-1-7-19-13-17/h1-7,13H,8-12,14,18H2. The lowest BCUT2D eigenvalue weighted by Gasteiger charge is -2.35. The third kappa shape index (κ3) is 3.60. The van der Waals surface area contributed by atoms with Gasteiger partial charge in [0.2, 0.25) is 0 Å². The van der Waals surface area contributed by atoms with Crippen LogP contribution in [0.2, 0.25) is 0 Å². The second kappa shape index (κ2) is 6.70. The van der Waals surface area contributed by atoms with Crippen LogP contribution in [0.25, 0.3) is 0 Å². The molecule has 21 heavy (non-hydrogen) atoms. The van der Waals surface area contributed by atoms with Crippen molar-refractivity contribution in [2.75, 3.05) is 31.1 Å². The van der Waals surface area contributed by atoms with Gasteiger partial charge in [0, 0.05) is 45.5 Å². The third-order valence-corrected chi connectivity index (χ3v) is 4.05. The van der Waals surface area contributed by atoms with E-state index in [0.29, 0.717) is 6.54 Å². The van der Waals surface area contributed by atoms with E-state index in [0.717, 1.165) is 32.7 Å². The molecule has 1 aliphatic heterocycles. The topological polar surface area (TPSA) is 45.4 Å². The fraction of sp³-hybridized carbons (Fsp3) is 0.353. The van der Waals surface area contributed by atoms with Gasteiger partial charge in [0.15, 0.2) is 0 Å². The van der Waals surface area contributed by atoms with Gasteiger partial charge in [-0.25, -0.2) is 0 Å². The maximum absolute atomic E-state index is 5.63. The summed E-state index contributed by atoms with van der Waals surface area (Å²) in [5, 5.41) is 0. The summed E-state index contributed by atoms with van der Waals surface area (Å²) in [7, 11) is 0. The summed E-state index contributed by atoms with van der Waals surface area (Å²) >= 11 is 0. The summed E-state index contributed by atoms with van der Waals surface area (Å²) in [4.78, 5) is 9.11. The molecule has 1 fully saturated rings. The van der Waals surface area contributed by atoms with E-state index in [9.17, 15) is 0 Å². The highest BCUT2D eigenvalue weighted by Crippen LogP contribution is 2.16. The molecule has 3 rings (SSSR count). The first-order valence-electron chi connectivity index (χ1n) is 7.50. The Kier molecular flexibility index (Phi) is 4.48. The molecular formula is C17H22N4. The van der Waals surface area contributed by atoms with Crippen molar-refractivity contribution in [2.24, 2.45) is 5.73 Å². The smallest absolute Gasteiger partial charge is 0.0553 e. The Morgan fingerprint density at radius 3 is 2.29 bits per heavy atom. The van der Waals surface area contributed by atoms with E-state index in [-0.39, 0.29) is 0 Å². The number of hydrogen-bond acceptors (Lipinski definition) is 4.